The van der Waals surface area contributed by atoms with Crippen molar-refractivity contribution in [2.24, 2.45) is 0 Å². The number of anilines is 1. The first-order valence-corrected chi connectivity index (χ1v) is 10.6. The van der Waals surface area contributed by atoms with Crippen LogP contribution < -0.4 is 10.4 Å². The third-order valence-electron chi connectivity index (χ3n) is 5.64. The van der Waals surface area contributed by atoms with Gasteiger partial charge in [0.1, 0.15) is 7.85 Å². The molecule has 0 amide bonds. The van der Waals surface area contributed by atoms with Crippen LogP contribution in [0.5, 0.6) is 0 Å². The average molecular weight is 387 g/mol. The number of hydrogen-bond acceptors (Lipinski definition) is 1. The van der Waals surface area contributed by atoms with Crippen LogP contribution in [0.25, 0.3) is 32.3 Å². The predicted octanol–water partition coefficient (Wildman–Crippen LogP) is 6.47. The summed E-state index contributed by atoms with van der Waals surface area (Å²) in [5, 5.41) is 7.35. The van der Waals surface area contributed by atoms with E-state index < -0.39 is 0 Å². The molecule has 0 aliphatic heterocycles. The lowest BCUT2D eigenvalue weighted by atomic mass is 9.87. The molecule has 0 unspecified atom stereocenters. The summed E-state index contributed by atoms with van der Waals surface area (Å²) in [5.41, 5.74) is 2.16. The number of para-hydroxylation sites is 1. The van der Waals surface area contributed by atoms with Crippen molar-refractivity contribution in [2.75, 3.05) is 18.0 Å². The first-order valence-electron chi connectivity index (χ1n) is 10.6. The fraction of sp³-hybridized carbons (Fsp3) is 0.143. The number of rotatable bonds is 3. The fourth-order valence-corrected chi connectivity index (χ4v) is 4.06. The summed E-state index contributed by atoms with van der Waals surface area (Å²) in [4.78, 5) is 2.33. The van der Waals surface area contributed by atoms with E-state index >= 15 is 0 Å². The Bertz CT molecular complexity index is 1270. The van der Waals surface area contributed by atoms with Crippen LogP contribution in [-0.2, 0) is 0 Å². The van der Waals surface area contributed by atoms with Gasteiger partial charge in [0.25, 0.3) is 0 Å². The van der Waals surface area contributed by atoms with Gasteiger partial charge in [-0.05, 0) is 70.4 Å². The Morgan fingerprint density at radius 2 is 1.20 bits per heavy atom. The highest BCUT2D eigenvalue weighted by Gasteiger charge is 2.04. The van der Waals surface area contributed by atoms with Gasteiger partial charge in [0.15, 0.2) is 0 Å². The van der Waals surface area contributed by atoms with Gasteiger partial charge in [-0.3, -0.25) is 0 Å². The van der Waals surface area contributed by atoms with E-state index in [9.17, 15) is 0 Å². The Morgan fingerprint density at radius 1 is 0.600 bits per heavy atom. The van der Waals surface area contributed by atoms with Crippen LogP contribution in [0.2, 0.25) is 0 Å². The van der Waals surface area contributed by atoms with E-state index in [0.717, 1.165) is 23.9 Å². The van der Waals surface area contributed by atoms with Crippen LogP contribution in [0.1, 0.15) is 13.8 Å². The maximum absolute atomic E-state index is 6.17. The molecular weight excluding hydrogens is 361 g/mol. The maximum atomic E-state index is 6.17. The molecule has 0 aromatic heterocycles. The minimum atomic E-state index is 0.846. The topological polar surface area (TPSA) is 3.24 Å². The van der Waals surface area contributed by atoms with Crippen LogP contribution in [-0.4, -0.2) is 20.9 Å². The van der Waals surface area contributed by atoms with Gasteiger partial charge in [0, 0.05) is 18.8 Å². The Kier molecular flexibility index (Phi) is 6.04. The number of nitrogens with zero attached hydrogens (tertiary/aromatic N) is 1. The summed E-state index contributed by atoms with van der Waals surface area (Å²) in [6.07, 6.45) is 0. The van der Waals surface area contributed by atoms with E-state index in [1.54, 1.807) is 0 Å². The van der Waals surface area contributed by atoms with Crippen LogP contribution in [0.15, 0.2) is 97.1 Å². The van der Waals surface area contributed by atoms with Crippen molar-refractivity contribution in [1.82, 2.24) is 0 Å². The molecule has 0 fully saturated rings. The zero-order valence-electron chi connectivity index (χ0n) is 17.7. The summed E-state index contributed by atoms with van der Waals surface area (Å²) < 4.78 is 0. The molecule has 0 spiro atoms. The molecule has 1 nitrogen and oxygen atoms in total. The summed E-state index contributed by atoms with van der Waals surface area (Å²) in [6, 6.07) is 33.8. The minimum absolute atomic E-state index is 0.846. The van der Waals surface area contributed by atoms with Crippen LogP contribution in [0.4, 0.5) is 5.69 Å². The molecule has 5 aromatic carbocycles. The largest absolute Gasteiger partial charge is 0.372 e. The minimum Gasteiger partial charge on any atom is -0.372 e. The second-order valence-corrected chi connectivity index (χ2v) is 7.44. The lowest BCUT2D eigenvalue weighted by Gasteiger charge is -2.20. The van der Waals surface area contributed by atoms with Gasteiger partial charge in [-0.1, -0.05) is 78.3 Å². The Labute approximate surface area is 180 Å². The highest BCUT2D eigenvalue weighted by Crippen LogP contribution is 2.28. The van der Waals surface area contributed by atoms with E-state index in [-0.39, 0.29) is 0 Å². The van der Waals surface area contributed by atoms with Crippen molar-refractivity contribution in [3.8, 4) is 0 Å². The maximum Gasteiger partial charge on any atom is 0.114 e. The highest BCUT2D eigenvalue weighted by atomic mass is 15.1. The third kappa shape index (κ3) is 4.04. The molecule has 0 atom stereocenters. The predicted molar refractivity (Wildman–Crippen MR) is 134 cm³/mol. The molecule has 2 radical (unpaired) electrons. The SMILES string of the molecule is CCN(CC)c1ccccc1.[B]c1cccc2ccc3cc4ccccc4cc3c12. The van der Waals surface area contributed by atoms with Gasteiger partial charge < -0.3 is 4.90 Å². The van der Waals surface area contributed by atoms with E-state index in [1.165, 1.54) is 32.6 Å². The van der Waals surface area contributed by atoms with E-state index in [2.05, 4.69) is 97.6 Å². The number of benzene rings is 5. The molecule has 0 saturated heterocycles. The normalized spacial score (nSPS) is 10.7. The molecule has 30 heavy (non-hydrogen) atoms. The summed E-state index contributed by atoms with van der Waals surface area (Å²) in [5.74, 6) is 0. The van der Waals surface area contributed by atoms with Gasteiger partial charge in [-0.15, -0.1) is 0 Å². The van der Waals surface area contributed by atoms with Crippen molar-refractivity contribution >= 4 is 51.3 Å². The van der Waals surface area contributed by atoms with Crippen molar-refractivity contribution in [3.63, 3.8) is 0 Å². The van der Waals surface area contributed by atoms with Crippen LogP contribution >= 0.6 is 0 Å². The first-order chi connectivity index (χ1) is 14.7. The van der Waals surface area contributed by atoms with Gasteiger partial charge in [0.2, 0.25) is 0 Å². The molecular formula is C28H26BN. The molecule has 5 aromatic rings. The van der Waals surface area contributed by atoms with Crippen molar-refractivity contribution in [3.05, 3.63) is 97.1 Å². The average Bonchev–Trinajstić information content (AvgIpc) is 2.80. The standard InChI is InChI=1S/C18H11B.C10H15N/c19-17-7-3-6-12-8-9-15-10-13-4-1-2-5-14(13)11-16(15)18(12)17;1-3-11(4-2)10-8-6-5-7-9-10/h1-11H;5-9H,3-4H2,1-2H3. The molecule has 0 aliphatic rings. The fourth-order valence-electron chi connectivity index (χ4n) is 4.06. The Morgan fingerprint density at radius 3 is 1.90 bits per heavy atom. The lowest BCUT2D eigenvalue weighted by Crippen LogP contribution is -2.21. The monoisotopic (exact) mass is 387 g/mol. The summed E-state index contributed by atoms with van der Waals surface area (Å²) in [6.45, 7) is 6.52. The Balaban J connectivity index is 0.000000170. The molecule has 0 N–H and O–H groups in total. The van der Waals surface area contributed by atoms with E-state index in [0.29, 0.717) is 0 Å². The zero-order valence-corrected chi connectivity index (χ0v) is 17.7. The van der Waals surface area contributed by atoms with E-state index in [4.69, 9.17) is 7.85 Å². The lowest BCUT2D eigenvalue weighted by molar-refractivity contribution is 0.866. The van der Waals surface area contributed by atoms with Gasteiger partial charge >= 0.3 is 0 Å². The van der Waals surface area contributed by atoms with Gasteiger partial charge in [-0.25, -0.2) is 0 Å². The molecule has 5 rings (SSSR count). The van der Waals surface area contributed by atoms with Crippen molar-refractivity contribution in [1.29, 1.82) is 0 Å². The second kappa shape index (κ2) is 9.05. The summed E-state index contributed by atoms with van der Waals surface area (Å²) >= 11 is 0. The smallest absolute Gasteiger partial charge is 0.114 e. The quantitative estimate of drug-likeness (QED) is 0.195. The molecule has 0 saturated carbocycles. The first kappa shape index (κ1) is 20.0. The number of fused-ring (bicyclic) bond motifs is 4. The molecule has 0 bridgehead atoms. The van der Waals surface area contributed by atoms with Crippen LogP contribution in [0, 0.1) is 0 Å². The van der Waals surface area contributed by atoms with E-state index in [1.807, 2.05) is 18.2 Å². The highest BCUT2D eigenvalue weighted by molar-refractivity contribution is 6.41. The number of hydrogen-bond donors (Lipinski definition) is 0. The summed E-state index contributed by atoms with van der Waals surface area (Å²) in [7, 11) is 6.17. The van der Waals surface area contributed by atoms with Gasteiger partial charge in [0.05, 0.1) is 0 Å². The second-order valence-electron chi connectivity index (χ2n) is 7.44. The van der Waals surface area contributed by atoms with Gasteiger partial charge in [-0.2, -0.15) is 0 Å². The molecule has 0 heterocycles. The Hall–Kier alpha value is -3.26. The molecule has 2 heteroatoms. The van der Waals surface area contributed by atoms with Crippen molar-refractivity contribution in [2.45, 2.75) is 13.8 Å². The molecule has 146 valence electrons. The zero-order chi connectivity index (χ0) is 20.9. The third-order valence-corrected chi connectivity index (χ3v) is 5.64. The van der Waals surface area contributed by atoms with Crippen LogP contribution in [0.3, 0.4) is 0 Å². The van der Waals surface area contributed by atoms with Crippen molar-refractivity contribution < 1.29 is 0 Å². The molecule has 0 aliphatic carbocycles.